The average Bonchev–Trinajstić information content (AvgIpc) is 2.85. The minimum Gasteiger partial charge on any atom is -0.481 e. The summed E-state index contributed by atoms with van der Waals surface area (Å²) < 4.78 is 10.6. The molecule has 0 spiro atoms. The number of benzene rings is 1. The van der Waals surface area contributed by atoms with Crippen molar-refractivity contribution in [2.24, 2.45) is 0 Å². The smallest absolute Gasteiger partial charge is 0.260 e. The molecule has 0 bridgehead atoms. The molecule has 2 rings (SSSR count). The van der Waals surface area contributed by atoms with Crippen LogP contribution in [0.1, 0.15) is 18.4 Å². The lowest BCUT2D eigenvalue weighted by molar-refractivity contribution is -0.127. The van der Waals surface area contributed by atoms with Crippen LogP contribution in [0.25, 0.3) is 0 Å². The SMILES string of the molecule is Cc1cc(CCNC(=O)C(C)Oc2ccccc2)on1. The Morgan fingerprint density at radius 2 is 2.15 bits per heavy atom. The van der Waals surface area contributed by atoms with E-state index < -0.39 is 6.10 Å². The number of rotatable bonds is 6. The second-order valence-electron chi connectivity index (χ2n) is 4.55. The van der Waals surface area contributed by atoms with Crippen LogP contribution in [0, 0.1) is 6.92 Å². The topological polar surface area (TPSA) is 64.4 Å². The summed E-state index contributed by atoms with van der Waals surface area (Å²) >= 11 is 0. The van der Waals surface area contributed by atoms with Crippen LogP contribution >= 0.6 is 0 Å². The maximum atomic E-state index is 11.9. The summed E-state index contributed by atoms with van der Waals surface area (Å²) in [5.41, 5.74) is 0.840. The van der Waals surface area contributed by atoms with Crippen LogP contribution in [0.5, 0.6) is 5.75 Å². The fourth-order valence-electron chi connectivity index (χ4n) is 1.74. The Kier molecular flexibility index (Phi) is 4.76. The normalized spacial score (nSPS) is 11.9. The van der Waals surface area contributed by atoms with Crippen LogP contribution in [0.3, 0.4) is 0 Å². The molecule has 0 radical (unpaired) electrons. The molecule has 0 aliphatic rings. The van der Waals surface area contributed by atoms with E-state index in [1.807, 2.05) is 43.3 Å². The molecule has 106 valence electrons. The number of carbonyl (C=O) groups is 1. The van der Waals surface area contributed by atoms with Crippen LogP contribution in [-0.4, -0.2) is 23.7 Å². The monoisotopic (exact) mass is 274 g/mol. The molecule has 1 amide bonds. The molecule has 1 N–H and O–H groups in total. The first kappa shape index (κ1) is 14.1. The molecule has 0 aliphatic carbocycles. The number of carbonyl (C=O) groups excluding carboxylic acids is 1. The lowest BCUT2D eigenvalue weighted by Gasteiger charge is -2.14. The third-order valence-corrected chi connectivity index (χ3v) is 2.77. The van der Waals surface area contributed by atoms with Gasteiger partial charge in [-0.05, 0) is 26.0 Å². The number of aromatic nitrogens is 1. The van der Waals surface area contributed by atoms with Crippen LogP contribution in [0.2, 0.25) is 0 Å². The zero-order valence-electron chi connectivity index (χ0n) is 11.6. The Morgan fingerprint density at radius 1 is 1.40 bits per heavy atom. The molecule has 0 fully saturated rings. The van der Waals surface area contributed by atoms with Gasteiger partial charge in [-0.3, -0.25) is 4.79 Å². The number of hydrogen-bond donors (Lipinski definition) is 1. The van der Waals surface area contributed by atoms with E-state index in [2.05, 4.69) is 10.5 Å². The Hall–Kier alpha value is -2.30. The third-order valence-electron chi connectivity index (χ3n) is 2.77. The Balaban J connectivity index is 1.74. The van der Waals surface area contributed by atoms with Gasteiger partial charge in [0, 0.05) is 19.0 Å². The molecular weight excluding hydrogens is 256 g/mol. The van der Waals surface area contributed by atoms with Gasteiger partial charge in [-0.15, -0.1) is 0 Å². The molecule has 20 heavy (non-hydrogen) atoms. The van der Waals surface area contributed by atoms with Gasteiger partial charge in [-0.25, -0.2) is 0 Å². The molecule has 1 heterocycles. The summed E-state index contributed by atoms with van der Waals surface area (Å²) in [5.74, 6) is 1.30. The summed E-state index contributed by atoms with van der Waals surface area (Å²) in [6, 6.07) is 11.1. The highest BCUT2D eigenvalue weighted by molar-refractivity contribution is 5.80. The highest BCUT2D eigenvalue weighted by atomic mass is 16.5. The Morgan fingerprint density at radius 3 is 2.80 bits per heavy atom. The molecule has 2 aromatic rings. The zero-order chi connectivity index (χ0) is 14.4. The first-order chi connectivity index (χ1) is 9.65. The molecule has 1 atom stereocenters. The third kappa shape index (κ3) is 4.12. The summed E-state index contributed by atoms with van der Waals surface area (Å²) in [5, 5.41) is 6.60. The minimum absolute atomic E-state index is 0.148. The fraction of sp³-hybridized carbons (Fsp3) is 0.333. The standard InChI is InChI=1S/C15H18N2O3/c1-11-10-14(20-17-11)8-9-16-15(18)12(2)19-13-6-4-3-5-7-13/h3-7,10,12H,8-9H2,1-2H3,(H,16,18). The van der Waals surface area contributed by atoms with Crippen molar-refractivity contribution in [2.75, 3.05) is 6.54 Å². The molecule has 0 saturated carbocycles. The van der Waals surface area contributed by atoms with Gasteiger partial charge in [-0.1, -0.05) is 23.4 Å². The maximum Gasteiger partial charge on any atom is 0.260 e. The molecule has 0 saturated heterocycles. The lowest BCUT2D eigenvalue weighted by Crippen LogP contribution is -2.37. The van der Waals surface area contributed by atoms with Gasteiger partial charge >= 0.3 is 0 Å². The van der Waals surface area contributed by atoms with E-state index >= 15 is 0 Å². The quantitative estimate of drug-likeness (QED) is 0.876. The highest BCUT2D eigenvalue weighted by Gasteiger charge is 2.14. The number of nitrogens with zero attached hydrogens (tertiary/aromatic N) is 1. The zero-order valence-corrected chi connectivity index (χ0v) is 11.6. The second kappa shape index (κ2) is 6.75. The van der Waals surface area contributed by atoms with E-state index in [4.69, 9.17) is 9.26 Å². The van der Waals surface area contributed by atoms with Gasteiger partial charge in [0.2, 0.25) is 0 Å². The molecular formula is C15H18N2O3. The van der Waals surface area contributed by atoms with Crippen molar-refractivity contribution < 1.29 is 14.1 Å². The number of hydrogen-bond acceptors (Lipinski definition) is 4. The summed E-state index contributed by atoms with van der Waals surface area (Å²) in [6.45, 7) is 4.08. The number of amides is 1. The predicted octanol–water partition coefficient (Wildman–Crippen LogP) is 2.11. The second-order valence-corrected chi connectivity index (χ2v) is 4.55. The van der Waals surface area contributed by atoms with Gasteiger partial charge in [0.25, 0.3) is 5.91 Å². The average molecular weight is 274 g/mol. The summed E-state index contributed by atoms with van der Waals surface area (Å²) in [4.78, 5) is 11.9. The number of para-hydroxylation sites is 1. The largest absolute Gasteiger partial charge is 0.481 e. The van der Waals surface area contributed by atoms with Crippen molar-refractivity contribution in [3.63, 3.8) is 0 Å². The molecule has 1 unspecified atom stereocenters. The first-order valence-corrected chi connectivity index (χ1v) is 6.57. The summed E-state index contributed by atoms with van der Waals surface area (Å²) in [7, 11) is 0. The van der Waals surface area contributed by atoms with E-state index in [9.17, 15) is 4.79 Å². The van der Waals surface area contributed by atoms with Crippen molar-refractivity contribution in [3.8, 4) is 5.75 Å². The van der Waals surface area contributed by atoms with Crippen molar-refractivity contribution in [1.82, 2.24) is 10.5 Å². The van der Waals surface area contributed by atoms with Crippen LogP contribution in [-0.2, 0) is 11.2 Å². The van der Waals surface area contributed by atoms with E-state index in [0.717, 1.165) is 11.5 Å². The molecule has 0 aliphatic heterocycles. The van der Waals surface area contributed by atoms with E-state index in [1.54, 1.807) is 6.92 Å². The highest BCUT2D eigenvalue weighted by Crippen LogP contribution is 2.10. The van der Waals surface area contributed by atoms with Gasteiger partial charge < -0.3 is 14.6 Å². The van der Waals surface area contributed by atoms with E-state index in [0.29, 0.717) is 18.7 Å². The van der Waals surface area contributed by atoms with Crippen molar-refractivity contribution in [1.29, 1.82) is 0 Å². The minimum atomic E-state index is -0.533. The van der Waals surface area contributed by atoms with Crippen molar-refractivity contribution in [3.05, 3.63) is 47.9 Å². The molecule has 1 aromatic heterocycles. The van der Waals surface area contributed by atoms with Crippen LogP contribution in [0.4, 0.5) is 0 Å². The first-order valence-electron chi connectivity index (χ1n) is 6.57. The maximum absolute atomic E-state index is 11.9. The van der Waals surface area contributed by atoms with Gasteiger partial charge in [-0.2, -0.15) is 0 Å². The fourth-order valence-corrected chi connectivity index (χ4v) is 1.74. The number of aryl methyl sites for hydroxylation is 1. The van der Waals surface area contributed by atoms with Gasteiger partial charge in [0.1, 0.15) is 11.5 Å². The van der Waals surface area contributed by atoms with Gasteiger partial charge in [0.15, 0.2) is 6.10 Å². The predicted molar refractivity (Wildman–Crippen MR) is 74.5 cm³/mol. The van der Waals surface area contributed by atoms with Crippen LogP contribution < -0.4 is 10.1 Å². The molecule has 5 nitrogen and oxygen atoms in total. The van der Waals surface area contributed by atoms with E-state index in [1.165, 1.54) is 0 Å². The molecule has 5 heteroatoms. The van der Waals surface area contributed by atoms with Crippen LogP contribution in [0.15, 0.2) is 40.9 Å². The Labute approximate surface area is 117 Å². The lowest BCUT2D eigenvalue weighted by atomic mass is 10.3. The summed E-state index contributed by atoms with van der Waals surface area (Å²) in [6.07, 6.45) is 0.0823. The van der Waals surface area contributed by atoms with Crippen molar-refractivity contribution >= 4 is 5.91 Å². The number of nitrogens with one attached hydrogen (secondary N) is 1. The number of ether oxygens (including phenoxy) is 1. The van der Waals surface area contributed by atoms with Gasteiger partial charge in [0.05, 0.1) is 5.69 Å². The Bertz CT molecular complexity index is 551. The van der Waals surface area contributed by atoms with Crippen molar-refractivity contribution in [2.45, 2.75) is 26.4 Å². The molecule has 1 aromatic carbocycles. The van der Waals surface area contributed by atoms with E-state index in [-0.39, 0.29) is 5.91 Å².